The number of rotatable bonds is 11. The molecule has 0 saturated heterocycles. The molecule has 0 aliphatic rings. The van der Waals surface area contributed by atoms with E-state index in [4.69, 9.17) is 19.9 Å². The van der Waals surface area contributed by atoms with Crippen molar-refractivity contribution in [2.45, 2.75) is 45.3 Å². The third-order valence-electron chi connectivity index (χ3n) is 4.67. The molecule has 0 aromatic heterocycles. The molecule has 6 nitrogen and oxygen atoms in total. The molecule has 0 aliphatic heterocycles. The van der Waals surface area contributed by atoms with Gasteiger partial charge in [0.2, 0.25) is 0 Å². The third-order valence-corrected chi connectivity index (χ3v) is 4.67. The Morgan fingerprint density at radius 3 is 1.80 bits per heavy atom. The highest BCUT2D eigenvalue weighted by atomic mass is 35.5. The topological polar surface area (TPSA) is 74.0 Å². The summed E-state index contributed by atoms with van der Waals surface area (Å²) in [6, 6.07) is 15.2. The Hall–Kier alpha value is -2.44. The van der Waals surface area contributed by atoms with Crippen LogP contribution in [0.15, 0.2) is 48.5 Å². The van der Waals surface area contributed by atoms with Crippen LogP contribution in [-0.2, 0) is 17.8 Å². The van der Waals surface area contributed by atoms with Gasteiger partial charge in [0.05, 0.1) is 14.2 Å². The molecule has 30 heavy (non-hydrogen) atoms. The predicted octanol–water partition coefficient (Wildman–Crippen LogP) is 4.78. The van der Waals surface area contributed by atoms with Crippen LogP contribution >= 0.6 is 12.4 Å². The maximum absolute atomic E-state index is 12.8. The van der Waals surface area contributed by atoms with Crippen LogP contribution in [0.3, 0.4) is 0 Å². The monoisotopic (exact) mass is 436 g/mol. The van der Waals surface area contributed by atoms with Crippen LogP contribution < -0.4 is 15.2 Å². The van der Waals surface area contributed by atoms with Gasteiger partial charge in [-0.25, -0.2) is 4.79 Å². The summed E-state index contributed by atoms with van der Waals surface area (Å²) in [7, 11) is 3.26. The van der Waals surface area contributed by atoms with Crippen molar-refractivity contribution >= 4 is 18.5 Å². The Bertz CT molecular complexity index is 688. The van der Waals surface area contributed by atoms with Gasteiger partial charge in [0, 0.05) is 19.1 Å². The van der Waals surface area contributed by atoms with Crippen LogP contribution in [0.5, 0.6) is 11.5 Å². The number of hydrogen-bond donors (Lipinski definition) is 1. The number of methoxy groups -OCH3 is 2. The summed E-state index contributed by atoms with van der Waals surface area (Å²) >= 11 is 0. The van der Waals surface area contributed by atoms with Gasteiger partial charge in [-0.2, -0.15) is 0 Å². The number of hydrogen-bond acceptors (Lipinski definition) is 5. The molecular weight excluding hydrogens is 404 g/mol. The minimum Gasteiger partial charge on any atom is -0.497 e. The third kappa shape index (κ3) is 8.51. The number of carbonyl (C=O) groups is 1. The van der Waals surface area contributed by atoms with Crippen molar-refractivity contribution < 1.29 is 19.0 Å². The normalized spacial score (nSPS) is 11.2. The number of carbonyl (C=O) groups excluding carboxylic acids is 1. The van der Waals surface area contributed by atoms with Crippen LogP contribution in [0.4, 0.5) is 4.79 Å². The first-order valence-electron chi connectivity index (χ1n) is 9.98. The number of amides is 1. The zero-order valence-electron chi connectivity index (χ0n) is 18.0. The molecule has 1 atom stereocenters. The molecule has 0 saturated carbocycles. The molecule has 166 valence electrons. The average Bonchev–Trinajstić information content (AvgIpc) is 2.76. The first kappa shape index (κ1) is 25.6. The Balaban J connectivity index is 0.00000450. The van der Waals surface area contributed by atoms with E-state index in [1.807, 2.05) is 48.5 Å². The number of halogens is 1. The highest BCUT2D eigenvalue weighted by molar-refractivity contribution is 5.85. The lowest BCUT2D eigenvalue weighted by atomic mass is 10.1. The van der Waals surface area contributed by atoms with Crippen molar-refractivity contribution in [1.29, 1.82) is 0 Å². The van der Waals surface area contributed by atoms with Gasteiger partial charge < -0.3 is 19.9 Å². The summed E-state index contributed by atoms with van der Waals surface area (Å²) in [5.74, 6) is 1.56. The molecule has 0 bridgehead atoms. The summed E-state index contributed by atoms with van der Waals surface area (Å²) < 4.78 is 15.9. The molecule has 7 heteroatoms. The fraction of sp³-hybridized carbons (Fsp3) is 0.435. The second kappa shape index (κ2) is 13.7. The molecule has 1 amide bonds. The van der Waals surface area contributed by atoms with Crippen LogP contribution in [0, 0.1) is 0 Å². The van der Waals surface area contributed by atoms with Gasteiger partial charge in [-0.3, -0.25) is 4.90 Å². The average molecular weight is 437 g/mol. The molecule has 0 spiro atoms. The Morgan fingerprint density at radius 1 is 0.933 bits per heavy atom. The molecule has 2 rings (SSSR count). The lowest BCUT2D eigenvalue weighted by Crippen LogP contribution is -2.35. The first-order chi connectivity index (χ1) is 14.0. The Kier molecular flexibility index (Phi) is 11.7. The summed E-state index contributed by atoms with van der Waals surface area (Å²) in [5, 5.41) is 0. The largest absolute Gasteiger partial charge is 0.497 e. The molecule has 0 radical (unpaired) electrons. The maximum Gasteiger partial charge on any atom is 0.410 e. The van der Waals surface area contributed by atoms with E-state index in [2.05, 4.69) is 6.92 Å². The molecular formula is C23H33ClN2O4. The molecule has 2 aromatic carbocycles. The Morgan fingerprint density at radius 2 is 1.40 bits per heavy atom. The number of nitrogens with zero attached hydrogens (tertiary/aromatic N) is 1. The second-order valence-electron chi connectivity index (χ2n) is 7.03. The minimum absolute atomic E-state index is 0. The van der Waals surface area contributed by atoms with Gasteiger partial charge in [0.1, 0.15) is 18.1 Å². The zero-order valence-corrected chi connectivity index (χ0v) is 18.8. The summed E-state index contributed by atoms with van der Waals surface area (Å²) in [6.45, 7) is 3.20. The highest BCUT2D eigenvalue weighted by Gasteiger charge is 2.18. The summed E-state index contributed by atoms with van der Waals surface area (Å²) in [6.07, 6.45) is 2.58. The molecule has 0 fully saturated rings. The molecule has 2 aromatic rings. The van der Waals surface area contributed by atoms with Gasteiger partial charge in [-0.05, 0) is 41.8 Å². The standard InChI is InChI=1S/C23H32N2O4.ClH/c1-4-5-6-20(24)17-29-23(26)25(15-18-7-11-21(27-2)12-8-18)16-19-9-13-22(28-3)14-10-19;/h7-14,20H,4-6,15-17,24H2,1-3H3;1H/t20-;/m1./s1. The van der Waals surface area contributed by atoms with Crippen molar-refractivity contribution in [1.82, 2.24) is 4.90 Å². The smallest absolute Gasteiger partial charge is 0.410 e. The number of ether oxygens (including phenoxy) is 3. The molecule has 2 N–H and O–H groups in total. The lowest BCUT2D eigenvalue weighted by Gasteiger charge is -2.23. The highest BCUT2D eigenvalue weighted by Crippen LogP contribution is 2.17. The van der Waals surface area contributed by atoms with Crippen molar-refractivity contribution in [2.75, 3.05) is 20.8 Å². The van der Waals surface area contributed by atoms with Crippen molar-refractivity contribution in [3.8, 4) is 11.5 Å². The maximum atomic E-state index is 12.8. The van der Waals surface area contributed by atoms with E-state index in [9.17, 15) is 4.79 Å². The van der Waals surface area contributed by atoms with Gasteiger partial charge in [0.25, 0.3) is 0 Å². The zero-order chi connectivity index (χ0) is 21.1. The number of unbranched alkanes of at least 4 members (excludes halogenated alkanes) is 1. The molecule has 0 aliphatic carbocycles. The van der Waals surface area contributed by atoms with E-state index in [-0.39, 0.29) is 31.1 Å². The van der Waals surface area contributed by atoms with Gasteiger partial charge in [-0.15, -0.1) is 12.4 Å². The van der Waals surface area contributed by atoms with Crippen LogP contribution in [0.25, 0.3) is 0 Å². The minimum atomic E-state index is -0.372. The Labute approximate surface area is 185 Å². The fourth-order valence-electron chi connectivity index (χ4n) is 2.91. The second-order valence-corrected chi connectivity index (χ2v) is 7.03. The lowest BCUT2D eigenvalue weighted by molar-refractivity contribution is 0.0907. The van der Waals surface area contributed by atoms with Gasteiger partial charge >= 0.3 is 6.09 Å². The fourth-order valence-corrected chi connectivity index (χ4v) is 2.91. The van der Waals surface area contributed by atoms with Crippen molar-refractivity contribution in [2.24, 2.45) is 5.73 Å². The summed E-state index contributed by atoms with van der Waals surface area (Å²) in [5.41, 5.74) is 8.04. The number of nitrogens with two attached hydrogens (primary N) is 1. The summed E-state index contributed by atoms with van der Waals surface area (Å²) in [4.78, 5) is 14.5. The van der Waals surface area contributed by atoms with Crippen molar-refractivity contribution in [3.05, 3.63) is 59.7 Å². The molecule has 0 unspecified atom stereocenters. The van der Waals surface area contributed by atoms with E-state index in [0.29, 0.717) is 13.1 Å². The van der Waals surface area contributed by atoms with Gasteiger partial charge in [-0.1, -0.05) is 44.0 Å². The van der Waals surface area contributed by atoms with Crippen LogP contribution in [-0.4, -0.2) is 37.9 Å². The van der Waals surface area contributed by atoms with E-state index in [1.54, 1.807) is 19.1 Å². The van der Waals surface area contributed by atoms with E-state index in [0.717, 1.165) is 41.9 Å². The quantitative estimate of drug-likeness (QED) is 0.548. The van der Waals surface area contributed by atoms with Crippen LogP contribution in [0.1, 0.15) is 37.3 Å². The number of benzene rings is 2. The van der Waals surface area contributed by atoms with E-state index in [1.165, 1.54) is 0 Å². The van der Waals surface area contributed by atoms with E-state index < -0.39 is 0 Å². The SMILES string of the molecule is CCCC[C@@H](N)COC(=O)N(Cc1ccc(OC)cc1)Cc1ccc(OC)cc1.Cl. The molecule has 0 heterocycles. The van der Waals surface area contributed by atoms with Gasteiger partial charge in [0.15, 0.2) is 0 Å². The first-order valence-corrected chi connectivity index (χ1v) is 9.98. The van der Waals surface area contributed by atoms with Crippen LogP contribution in [0.2, 0.25) is 0 Å². The van der Waals surface area contributed by atoms with Crippen molar-refractivity contribution in [3.63, 3.8) is 0 Å². The predicted molar refractivity (Wildman–Crippen MR) is 121 cm³/mol. The van der Waals surface area contributed by atoms with E-state index >= 15 is 0 Å².